The molecule has 1 atom stereocenters. The molecule has 4 nitrogen and oxygen atoms in total. The molecular formula is C13H13BrFN3O. The van der Waals surface area contributed by atoms with Crippen LogP contribution in [0.2, 0.25) is 0 Å². The second kappa shape index (κ2) is 5.63. The predicted octanol–water partition coefficient (Wildman–Crippen LogP) is 3.16. The Morgan fingerprint density at radius 2 is 2.26 bits per heavy atom. The van der Waals surface area contributed by atoms with Gasteiger partial charge in [0.05, 0.1) is 18.3 Å². The van der Waals surface area contributed by atoms with Crippen molar-refractivity contribution in [3.8, 4) is 11.3 Å². The van der Waals surface area contributed by atoms with Gasteiger partial charge >= 0.3 is 0 Å². The van der Waals surface area contributed by atoms with Gasteiger partial charge in [0, 0.05) is 16.1 Å². The van der Waals surface area contributed by atoms with E-state index in [2.05, 4.69) is 32.7 Å². The van der Waals surface area contributed by atoms with Crippen LogP contribution in [0.4, 0.5) is 10.2 Å². The Balaban J connectivity index is 2.45. The fourth-order valence-electron chi connectivity index (χ4n) is 1.75. The fraction of sp³-hybridized carbons (Fsp3) is 0.231. The third kappa shape index (κ3) is 3.08. The van der Waals surface area contributed by atoms with E-state index in [0.717, 1.165) is 0 Å². The zero-order valence-electron chi connectivity index (χ0n) is 10.3. The van der Waals surface area contributed by atoms with E-state index in [0.29, 0.717) is 21.5 Å². The predicted molar refractivity (Wildman–Crippen MR) is 76.2 cm³/mol. The number of aliphatic hydroxyl groups excluding tert-OH is 1. The van der Waals surface area contributed by atoms with Gasteiger partial charge in [0.1, 0.15) is 11.6 Å². The molecule has 6 heteroatoms. The third-order valence-corrected chi connectivity index (χ3v) is 3.06. The van der Waals surface area contributed by atoms with Gasteiger partial charge < -0.3 is 5.11 Å². The molecule has 0 fully saturated rings. The summed E-state index contributed by atoms with van der Waals surface area (Å²) in [5, 5.41) is 13.6. The molecule has 1 N–H and O–H groups in total. The summed E-state index contributed by atoms with van der Waals surface area (Å²) in [6.07, 6.45) is -0.567. The molecule has 0 aliphatic rings. The molecule has 0 aliphatic heterocycles. The van der Waals surface area contributed by atoms with E-state index in [4.69, 9.17) is 0 Å². The maximum atomic E-state index is 13.9. The highest BCUT2D eigenvalue weighted by Gasteiger charge is 2.13. The molecule has 0 amide bonds. The van der Waals surface area contributed by atoms with Crippen LogP contribution >= 0.6 is 15.9 Å². The lowest BCUT2D eigenvalue weighted by atomic mass is 10.1. The van der Waals surface area contributed by atoms with Crippen LogP contribution in [-0.2, 0) is 6.54 Å². The standard InChI is InChI=1S/C13H13BrFN3O/c1-8(19)7-18-13(16-2)6-12(17-18)10-4-3-9(14)5-11(10)15/h3-6,8,19H,2,7H2,1H3. The van der Waals surface area contributed by atoms with E-state index in [-0.39, 0.29) is 12.4 Å². The average Bonchev–Trinajstić information content (AvgIpc) is 2.71. The highest BCUT2D eigenvalue weighted by molar-refractivity contribution is 9.10. The smallest absolute Gasteiger partial charge is 0.150 e. The maximum absolute atomic E-state index is 13.9. The first-order chi connectivity index (χ1) is 9.01. The Hall–Kier alpha value is -1.53. The molecule has 2 aromatic rings. The summed E-state index contributed by atoms with van der Waals surface area (Å²) in [5.41, 5.74) is 0.852. The largest absolute Gasteiger partial charge is 0.391 e. The number of hydrogen-bond donors (Lipinski definition) is 1. The van der Waals surface area contributed by atoms with E-state index < -0.39 is 6.10 Å². The highest BCUT2D eigenvalue weighted by Crippen LogP contribution is 2.27. The minimum absolute atomic E-state index is 0.284. The van der Waals surface area contributed by atoms with Crippen molar-refractivity contribution in [3.63, 3.8) is 0 Å². The van der Waals surface area contributed by atoms with Crippen LogP contribution in [0.1, 0.15) is 6.92 Å². The summed E-state index contributed by atoms with van der Waals surface area (Å²) in [7, 11) is 0. The zero-order chi connectivity index (χ0) is 14.0. The number of benzene rings is 1. The Morgan fingerprint density at radius 1 is 1.53 bits per heavy atom. The lowest BCUT2D eigenvalue weighted by Crippen LogP contribution is -2.12. The summed E-state index contributed by atoms with van der Waals surface area (Å²) in [6, 6.07) is 6.40. The Kier molecular flexibility index (Phi) is 4.11. The molecule has 100 valence electrons. The van der Waals surface area contributed by atoms with Gasteiger partial charge in [-0.05, 0) is 31.8 Å². The zero-order valence-corrected chi connectivity index (χ0v) is 11.9. The molecule has 1 aromatic carbocycles. The van der Waals surface area contributed by atoms with Crippen LogP contribution in [0.5, 0.6) is 0 Å². The molecular weight excluding hydrogens is 313 g/mol. The summed E-state index contributed by atoms with van der Waals surface area (Å²) < 4.78 is 16.0. The molecule has 2 rings (SSSR count). The molecule has 0 radical (unpaired) electrons. The van der Waals surface area contributed by atoms with Gasteiger partial charge in [0.2, 0.25) is 0 Å². The molecule has 0 saturated heterocycles. The van der Waals surface area contributed by atoms with Crippen molar-refractivity contribution >= 4 is 28.5 Å². The molecule has 1 unspecified atom stereocenters. The third-order valence-electron chi connectivity index (χ3n) is 2.56. The van der Waals surface area contributed by atoms with E-state index >= 15 is 0 Å². The van der Waals surface area contributed by atoms with Crippen molar-refractivity contribution in [2.75, 3.05) is 0 Å². The number of halogens is 2. The quantitative estimate of drug-likeness (QED) is 0.878. The van der Waals surface area contributed by atoms with E-state index in [1.165, 1.54) is 10.7 Å². The topological polar surface area (TPSA) is 50.4 Å². The van der Waals surface area contributed by atoms with Crippen molar-refractivity contribution in [1.82, 2.24) is 9.78 Å². The summed E-state index contributed by atoms with van der Waals surface area (Å²) in [4.78, 5) is 3.82. The number of aromatic nitrogens is 2. The molecule has 1 aromatic heterocycles. The second-order valence-electron chi connectivity index (χ2n) is 4.20. The van der Waals surface area contributed by atoms with Crippen LogP contribution in [0.25, 0.3) is 11.3 Å². The number of hydrogen-bond acceptors (Lipinski definition) is 3. The second-order valence-corrected chi connectivity index (χ2v) is 5.12. The first-order valence-electron chi connectivity index (χ1n) is 5.69. The Bertz CT molecular complexity index is 610. The van der Waals surface area contributed by atoms with Crippen molar-refractivity contribution in [3.05, 3.63) is 34.6 Å². The molecule has 0 saturated carbocycles. The first kappa shape index (κ1) is 13.9. The molecule has 0 spiro atoms. The average molecular weight is 326 g/mol. The van der Waals surface area contributed by atoms with E-state index in [1.54, 1.807) is 25.1 Å². The van der Waals surface area contributed by atoms with Gasteiger partial charge in [0.25, 0.3) is 0 Å². The monoisotopic (exact) mass is 325 g/mol. The Labute approximate surface area is 118 Å². The fourth-order valence-corrected chi connectivity index (χ4v) is 2.08. The summed E-state index contributed by atoms with van der Waals surface area (Å²) in [6.45, 7) is 5.38. The maximum Gasteiger partial charge on any atom is 0.150 e. The molecule has 0 bridgehead atoms. The lowest BCUT2D eigenvalue weighted by Gasteiger charge is -2.05. The van der Waals surface area contributed by atoms with E-state index in [1.807, 2.05) is 0 Å². The lowest BCUT2D eigenvalue weighted by molar-refractivity contribution is 0.169. The van der Waals surface area contributed by atoms with Gasteiger partial charge in [0.15, 0.2) is 0 Å². The van der Waals surface area contributed by atoms with Gasteiger partial charge in [-0.2, -0.15) is 5.10 Å². The van der Waals surface area contributed by atoms with Crippen LogP contribution in [-0.4, -0.2) is 27.7 Å². The van der Waals surface area contributed by atoms with Crippen molar-refractivity contribution in [2.45, 2.75) is 19.6 Å². The van der Waals surface area contributed by atoms with Crippen LogP contribution in [0, 0.1) is 5.82 Å². The van der Waals surface area contributed by atoms with Gasteiger partial charge in [-0.25, -0.2) is 14.1 Å². The van der Waals surface area contributed by atoms with Crippen LogP contribution < -0.4 is 0 Å². The van der Waals surface area contributed by atoms with E-state index in [9.17, 15) is 9.50 Å². The minimum Gasteiger partial charge on any atom is -0.391 e. The number of aliphatic imine (C=N–C) groups is 1. The van der Waals surface area contributed by atoms with Crippen molar-refractivity contribution in [2.24, 2.45) is 4.99 Å². The molecule has 0 aliphatic carbocycles. The number of nitrogens with zero attached hydrogens (tertiary/aromatic N) is 3. The SMILES string of the molecule is C=Nc1cc(-c2ccc(Br)cc2F)nn1CC(C)O. The van der Waals surface area contributed by atoms with Crippen molar-refractivity contribution < 1.29 is 9.50 Å². The highest BCUT2D eigenvalue weighted by atomic mass is 79.9. The van der Waals surface area contributed by atoms with Gasteiger partial charge in [-0.3, -0.25) is 0 Å². The summed E-state index contributed by atoms with van der Waals surface area (Å²) in [5.74, 6) is 0.130. The molecule has 1 heterocycles. The van der Waals surface area contributed by atoms with Gasteiger partial charge in [-0.15, -0.1) is 0 Å². The van der Waals surface area contributed by atoms with Crippen LogP contribution in [0.3, 0.4) is 0 Å². The van der Waals surface area contributed by atoms with Gasteiger partial charge in [-0.1, -0.05) is 15.9 Å². The summed E-state index contributed by atoms with van der Waals surface area (Å²) >= 11 is 3.21. The van der Waals surface area contributed by atoms with Crippen LogP contribution in [0.15, 0.2) is 33.7 Å². The number of rotatable bonds is 4. The minimum atomic E-state index is -0.567. The normalized spacial score (nSPS) is 12.4. The Morgan fingerprint density at radius 3 is 2.84 bits per heavy atom. The first-order valence-corrected chi connectivity index (χ1v) is 6.48. The van der Waals surface area contributed by atoms with Crippen molar-refractivity contribution in [1.29, 1.82) is 0 Å². The molecule has 19 heavy (non-hydrogen) atoms. The number of aliphatic hydroxyl groups is 1.